The van der Waals surface area contributed by atoms with E-state index in [1.165, 1.54) is 0 Å². The molecular formula is C23H23NO6. The topological polar surface area (TPSA) is 85.3 Å². The summed E-state index contributed by atoms with van der Waals surface area (Å²) >= 11 is 0. The molecule has 1 N–H and O–H groups in total. The number of carbonyl (C=O) groups excluding carboxylic acids is 2. The van der Waals surface area contributed by atoms with Crippen molar-refractivity contribution >= 4 is 17.8 Å². The van der Waals surface area contributed by atoms with Crippen molar-refractivity contribution < 1.29 is 28.9 Å². The van der Waals surface area contributed by atoms with Crippen LogP contribution in [0.2, 0.25) is 0 Å². The van der Waals surface area contributed by atoms with E-state index in [1.54, 1.807) is 36.3 Å². The molecule has 2 aromatic carbocycles. The minimum atomic E-state index is -0.203. The van der Waals surface area contributed by atoms with Gasteiger partial charge in [-0.2, -0.15) is 0 Å². The van der Waals surface area contributed by atoms with Gasteiger partial charge in [-0.1, -0.05) is 12.1 Å². The van der Waals surface area contributed by atoms with Crippen LogP contribution in [0, 0.1) is 0 Å². The van der Waals surface area contributed by atoms with E-state index in [4.69, 9.17) is 14.2 Å². The van der Waals surface area contributed by atoms with Crippen molar-refractivity contribution in [3.05, 3.63) is 59.4 Å². The Morgan fingerprint density at radius 1 is 1.23 bits per heavy atom. The number of allylic oxidation sites excluding steroid dienone is 1. The Morgan fingerprint density at radius 2 is 2.00 bits per heavy atom. The maximum Gasteiger partial charge on any atom is 0.260 e. The van der Waals surface area contributed by atoms with E-state index in [-0.39, 0.29) is 36.7 Å². The van der Waals surface area contributed by atoms with E-state index in [0.717, 1.165) is 24.2 Å². The summed E-state index contributed by atoms with van der Waals surface area (Å²) in [5.41, 5.74) is 1.27. The number of ether oxygens (including phenoxy) is 3. The van der Waals surface area contributed by atoms with Crippen molar-refractivity contribution in [1.29, 1.82) is 0 Å². The molecule has 0 unspecified atom stereocenters. The predicted molar refractivity (Wildman–Crippen MR) is 110 cm³/mol. The van der Waals surface area contributed by atoms with Crippen molar-refractivity contribution in [3.63, 3.8) is 0 Å². The minimum Gasteiger partial charge on any atom is -0.497 e. The van der Waals surface area contributed by atoms with E-state index in [9.17, 15) is 14.7 Å². The largest absolute Gasteiger partial charge is 0.497 e. The molecule has 0 aliphatic carbocycles. The lowest BCUT2D eigenvalue weighted by Gasteiger charge is -2.22. The van der Waals surface area contributed by atoms with E-state index in [1.807, 2.05) is 24.3 Å². The predicted octanol–water partition coefficient (Wildman–Crippen LogP) is 2.67. The van der Waals surface area contributed by atoms with Gasteiger partial charge in [-0.25, -0.2) is 0 Å². The van der Waals surface area contributed by atoms with Crippen LogP contribution < -0.4 is 14.2 Å². The number of ketones is 1. The molecule has 2 aliphatic heterocycles. The van der Waals surface area contributed by atoms with Gasteiger partial charge in [0.2, 0.25) is 5.78 Å². The number of aliphatic hydroxyl groups is 1. The Bertz CT molecular complexity index is 982. The average molecular weight is 409 g/mol. The normalized spacial score (nSPS) is 19.0. The molecule has 1 fully saturated rings. The van der Waals surface area contributed by atoms with Crippen LogP contribution in [-0.4, -0.2) is 54.6 Å². The summed E-state index contributed by atoms with van der Waals surface area (Å²) in [5, 5.41) is 9.36. The summed E-state index contributed by atoms with van der Waals surface area (Å²) in [5.74, 6) is 1.44. The quantitative estimate of drug-likeness (QED) is 0.739. The maximum absolute atomic E-state index is 12.6. The molecule has 0 bridgehead atoms. The number of fused-ring (bicyclic) bond motifs is 1. The summed E-state index contributed by atoms with van der Waals surface area (Å²) in [6, 6.07) is 12.1. The highest BCUT2D eigenvalue weighted by Gasteiger charge is 2.29. The Kier molecular flexibility index (Phi) is 5.72. The summed E-state index contributed by atoms with van der Waals surface area (Å²) in [6.45, 7) is 0.469. The number of methoxy groups -OCH3 is 1. The van der Waals surface area contributed by atoms with Crippen molar-refractivity contribution in [2.24, 2.45) is 0 Å². The van der Waals surface area contributed by atoms with Crippen molar-refractivity contribution in [2.45, 2.75) is 18.9 Å². The molecular weight excluding hydrogens is 386 g/mol. The van der Waals surface area contributed by atoms with Crippen LogP contribution in [0.1, 0.15) is 28.8 Å². The van der Waals surface area contributed by atoms with Gasteiger partial charge in [-0.15, -0.1) is 0 Å². The molecule has 0 aromatic heterocycles. The number of hydrogen-bond donors (Lipinski definition) is 1. The first-order chi connectivity index (χ1) is 14.6. The number of hydrogen-bond acceptors (Lipinski definition) is 6. The molecule has 1 atom stereocenters. The molecule has 0 radical (unpaired) electrons. The molecule has 7 heteroatoms. The van der Waals surface area contributed by atoms with Crippen LogP contribution in [0.3, 0.4) is 0 Å². The van der Waals surface area contributed by atoms with Crippen LogP contribution in [0.5, 0.6) is 17.2 Å². The van der Waals surface area contributed by atoms with Crippen LogP contribution in [0.15, 0.2) is 48.2 Å². The lowest BCUT2D eigenvalue weighted by molar-refractivity contribution is -0.134. The average Bonchev–Trinajstić information content (AvgIpc) is 3.37. The monoisotopic (exact) mass is 409 g/mol. The summed E-state index contributed by atoms with van der Waals surface area (Å²) in [4.78, 5) is 26.6. The number of rotatable bonds is 6. The second-order valence-corrected chi connectivity index (χ2v) is 7.23. The molecule has 30 heavy (non-hydrogen) atoms. The fourth-order valence-corrected chi connectivity index (χ4v) is 3.69. The fourth-order valence-electron chi connectivity index (χ4n) is 3.69. The van der Waals surface area contributed by atoms with Gasteiger partial charge in [-0.05, 0) is 48.7 Å². The Balaban J connectivity index is 1.42. The van der Waals surface area contributed by atoms with E-state index >= 15 is 0 Å². The Labute approximate surface area is 174 Å². The molecule has 0 spiro atoms. The van der Waals surface area contributed by atoms with Gasteiger partial charge in [0.05, 0.1) is 25.3 Å². The molecule has 156 valence electrons. The zero-order chi connectivity index (χ0) is 21.1. The van der Waals surface area contributed by atoms with Crippen LogP contribution >= 0.6 is 0 Å². The number of benzene rings is 2. The van der Waals surface area contributed by atoms with Gasteiger partial charge in [-0.3, -0.25) is 9.59 Å². The third-order valence-corrected chi connectivity index (χ3v) is 5.33. The number of likely N-dealkylation sites (tertiary alicyclic amines) is 1. The van der Waals surface area contributed by atoms with Gasteiger partial charge in [0.15, 0.2) is 12.4 Å². The van der Waals surface area contributed by atoms with Gasteiger partial charge in [0.25, 0.3) is 5.91 Å². The first kappa shape index (κ1) is 20.0. The molecule has 2 aliphatic rings. The summed E-state index contributed by atoms with van der Waals surface area (Å²) in [7, 11) is 1.59. The first-order valence-electron chi connectivity index (χ1n) is 9.84. The van der Waals surface area contributed by atoms with Gasteiger partial charge >= 0.3 is 0 Å². The standard InChI is InChI=1S/C23H23NO6/c1-28-17-6-4-15(5-7-17)11-21-23(27)19-9-8-18(12-20(19)30-21)29-14-22(26)24-10-2-3-16(24)13-25/h4-9,11-12,16,25H,2-3,10,13-14H2,1H3/b21-11-/t16-/m0/s1. The number of aliphatic hydroxyl groups excluding tert-OH is 1. The van der Waals surface area contributed by atoms with Crippen molar-refractivity contribution in [2.75, 3.05) is 26.9 Å². The molecule has 7 nitrogen and oxygen atoms in total. The zero-order valence-corrected chi connectivity index (χ0v) is 16.7. The van der Waals surface area contributed by atoms with Crippen molar-refractivity contribution in [1.82, 2.24) is 4.90 Å². The SMILES string of the molecule is COc1ccc(/C=C2\Oc3cc(OCC(=O)N4CCC[C@H]4CO)ccc3C2=O)cc1. The van der Waals surface area contributed by atoms with Crippen LogP contribution in [-0.2, 0) is 4.79 Å². The third kappa shape index (κ3) is 4.02. The van der Waals surface area contributed by atoms with Gasteiger partial charge in [0.1, 0.15) is 17.2 Å². The third-order valence-electron chi connectivity index (χ3n) is 5.33. The highest BCUT2D eigenvalue weighted by molar-refractivity contribution is 6.14. The van der Waals surface area contributed by atoms with Gasteiger partial charge in [0, 0.05) is 12.6 Å². The van der Waals surface area contributed by atoms with Crippen LogP contribution in [0.4, 0.5) is 0 Å². The van der Waals surface area contributed by atoms with Crippen LogP contribution in [0.25, 0.3) is 6.08 Å². The van der Waals surface area contributed by atoms with Gasteiger partial charge < -0.3 is 24.2 Å². The molecule has 0 saturated carbocycles. The number of Topliss-reactive ketones (excluding diaryl/α,β-unsaturated/α-hetero) is 1. The second kappa shape index (κ2) is 8.59. The molecule has 2 aromatic rings. The molecule has 1 saturated heterocycles. The molecule has 1 amide bonds. The second-order valence-electron chi connectivity index (χ2n) is 7.23. The number of carbonyl (C=O) groups is 2. The van der Waals surface area contributed by atoms with Crippen molar-refractivity contribution in [3.8, 4) is 17.2 Å². The van der Waals surface area contributed by atoms with E-state index < -0.39 is 0 Å². The Hall–Kier alpha value is -3.32. The maximum atomic E-state index is 12.6. The highest BCUT2D eigenvalue weighted by atomic mass is 16.5. The molecule has 4 rings (SSSR count). The lowest BCUT2D eigenvalue weighted by atomic mass is 10.1. The van der Waals surface area contributed by atoms with E-state index in [2.05, 4.69) is 0 Å². The highest BCUT2D eigenvalue weighted by Crippen LogP contribution is 2.35. The summed E-state index contributed by atoms with van der Waals surface area (Å²) < 4.78 is 16.5. The number of nitrogens with zero attached hydrogens (tertiary/aromatic N) is 1. The zero-order valence-electron chi connectivity index (χ0n) is 16.7. The minimum absolute atomic E-state index is 0.0379. The number of amides is 1. The first-order valence-corrected chi connectivity index (χ1v) is 9.84. The van der Waals surface area contributed by atoms with E-state index in [0.29, 0.717) is 23.6 Å². The Morgan fingerprint density at radius 3 is 2.73 bits per heavy atom. The molecule has 2 heterocycles. The smallest absolute Gasteiger partial charge is 0.260 e. The lowest BCUT2D eigenvalue weighted by Crippen LogP contribution is -2.40. The summed E-state index contributed by atoms with van der Waals surface area (Å²) in [6.07, 6.45) is 3.36. The fraction of sp³-hybridized carbons (Fsp3) is 0.304.